The third-order valence-corrected chi connectivity index (χ3v) is 6.30. The molecule has 228 valence electrons. The van der Waals surface area contributed by atoms with Crippen molar-refractivity contribution in [2.75, 3.05) is 26.9 Å². The topological polar surface area (TPSA) is 232 Å². The number of primary sulfonamides is 1. The first-order valence-corrected chi connectivity index (χ1v) is 13.8. The summed E-state index contributed by atoms with van der Waals surface area (Å²) in [4.78, 5) is 30.5. The normalized spacial score (nSPS) is 11.9. The summed E-state index contributed by atoms with van der Waals surface area (Å²) in [6, 6.07) is 12.7. The molecule has 2 aromatic rings. The minimum Gasteiger partial charge on any atom is -0.495 e. The van der Waals surface area contributed by atoms with E-state index in [-0.39, 0.29) is 16.7 Å². The summed E-state index contributed by atoms with van der Waals surface area (Å²) in [6.07, 6.45) is -1.65. The number of hydrogen-bond donors (Lipinski definition) is 6. The fourth-order valence-corrected chi connectivity index (χ4v) is 4.27. The highest BCUT2D eigenvalue weighted by molar-refractivity contribution is 7.89. The van der Waals surface area contributed by atoms with Crippen LogP contribution in [0.25, 0.3) is 0 Å². The maximum Gasteiger partial charge on any atom is 0.336 e. The summed E-state index contributed by atoms with van der Waals surface area (Å²) < 4.78 is 39.9. The van der Waals surface area contributed by atoms with E-state index in [4.69, 9.17) is 39.8 Å². The second-order valence-electron chi connectivity index (χ2n) is 8.80. The number of hydrogen-bond acceptors (Lipinski definition) is 10. The number of nitrogens with one attached hydrogen (secondary N) is 1. The molecule has 0 unspecified atom stereocenters. The molecule has 0 aliphatic heterocycles. The monoisotopic (exact) mass is 600 g/mol. The summed E-state index contributed by atoms with van der Waals surface area (Å²) in [6.45, 7) is 5.66. The Kier molecular flexibility index (Phi) is 14.0. The number of para-hydroxylation sites is 2. The number of rotatable bonds is 16. The fourth-order valence-electron chi connectivity index (χ4n) is 3.52. The van der Waals surface area contributed by atoms with Gasteiger partial charge in [-0.05, 0) is 50.1 Å². The van der Waals surface area contributed by atoms with Crippen molar-refractivity contribution in [3.63, 3.8) is 0 Å². The maximum atomic E-state index is 11.7. The second-order valence-corrected chi connectivity index (χ2v) is 10.3. The lowest BCUT2D eigenvalue weighted by molar-refractivity contribution is -0.170. The van der Waals surface area contributed by atoms with Gasteiger partial charge in [0.1, 0.15) is 17.3 Å². The van der Waals surface area contributed by atoms with Crippen LogP contribution in [0.4, 0.5) is 0 Å². The molecule has 0 aliphatic carbocycles. The maximum absolute atomic E-state index is 11.7. The summed E-state index contributed by atoms with van der Waals surface area (Å²) in [5, 5.41) is 42.4. The van der Waals surface area contributed by atoms with Gasteiger partial charge < -0.3 is 40.0 Å². The van der Waals surface area contributed by atoms with Crippen LogP contribution < -0.4 is 24.7 Å². The molecule has 0 fully saturated rings. The van der Waals surface area contributed by atoms with Gasteiger partial charge in [-0.1, -0.05) is 18.2 Å². The highest BCUT2D eigenvalue weighted by atomic mass is 32.2. The van der Waals surface area contributed by atoms with E-state index in [0.717, 1.165) is 11.3 Å². The van der Waals surface area contributed by atoms with E-state index in [9.17, 15) is 22.8 Å². The van der Waals surface area contributed by atoms with E-state index in [2.05, 4.69) is 5.32 Å². The Hall–Kier alpha value is -3.92. The van der Waals surface area contributed by atoms with E-state index >= 15 is 0 Å². The molecule has 0 radical (unpaired) electrons. The van der Waals surface area contributed by atoms with Gasteiger partial charge in [0.2, 0.25) is 10.0 Å². The van der Waals surface area contributed by atoms with Crippen molar-refractivity contribution < 1.29 is 57.4 Å². The number of sulfonamides is 1. The third kappa shape index (κ3) is 12.4. The molecule has 41 heavy (non-hydrogen) atoms. The van der Waals surface area contributed by atoms with Gasteiger partial charge >= 0.3 is 17.9 Å². The lowest BCUT2D eigenvalue weighted by atomic mass is 9.96. The first-order valence-electron chi connectivity index (χ1n) is 12.3. The van der Waals surface area contributed by atoms with Crippen molar-refractivity contribution in [3.05, 3.63) is 48.0 Å². The van der Waals surface area contributed by atoms with E-state index in [1.54, 1.807) is 12.1 Å². The van der Waals surface area contributed by atoms with Crippen LogP contribution in [0.2, 0.25) is 0 Å². The highest BCUT2D eigenvalue weighted by Crippen LogP contribution is 2.26. The summed E-state index contributed by atoms with van der Waals surface area (Å²) in [5.41, 5.74) is -1.88. The SMILES string of the molecule is CCOc1ccccc1OCCN[C@H](C)Cc1ccc(OC)c(S(N)(=O)=O)c1.O=C(O)CC(O)(CC(=O)O)C(=O)O. The van der Waals surface area contributed by atoms with E-state index < -0.39 is 46.4 Å². The van der Waals surface area contributed by atoms with Crippen LogP contribution in [-0.2, 0) is 30.8 Å². The smallest absolute Gasteiger partial charge is 0.336 e. The van der Waals surface area contributed by atoms with Crippen molar-refractivity contribution >= 4 is 27.9 Å². The van der Waals surface area contributed by atoms with Gasteiger partial charge in [-0.2, -0.15) is 0 Å². The van der Waals surface area contributed by atoms with Crippen molar-refractivity contribution in [2.24, 2.45) is 5.14 Å². The van der Waals surface area contributed by atoms with Crippen LogP contribution in [0.1, 0.15) is 32.3 Å². The molecular weight excluding hydrogens is 564 g/mol. The van der Waals surface area contributed by atoms with Crippen LogP contribution in [0.5, 0.6) is 17.2 Å². The molecule has 0 spiro atoms. The zero-order chi connectivity index (χ0) is 31.2. The number of carboxylic acid groups (broad SMARTS) is 3. The molecule has 0 amide bonds. The number of aliphatic hydroxyl groups is 1. The van der Waals surface area contributed by atoms with E-state index in [1.165, 1.54) is 7.11 Å². The number of benzene rings is 2. The number of carbonyl (C=O) groups is 3. The number of carboxylic acids is 3. The van der Waals surface area contributed by atoms with Gasteiger partial charge in [-0.15, -0.1) is 0 Å². The highest BCUT2D eigenvalue weighted by Gasteiger charge is 2.40. The van der Waals surface area contributed by atoms with Gasteiger partial charge in [-0.25, -0.2) is 18.4 Å². The summed E-state index contributed by atoms with van der Waals surface area (Å²) >= 11 is 0. The van der Waals surface area contributed by atoms with E-state index in [0.29, 0.717) is 31.9 Å². The van der Waals surface area contributed by atoms with Crippen LogP contribution in [0, 0.1) is 0 Å². The quantitative estimate of drug-likeness (QED) is 0.148. The molecule has 0 saturated heterocycles. The molecule has 0 bridgehead atoms. The van der Waals surface area contributed by atoms with Gasteiger partial charge in [0.25, 0.3) is 0 Å². The Morgan fingerprint density at radius 2 is 1.54 bits per heavy atom. The van der Waals surface area contributed by atoms with Crippen LogP contribution in [-0.4, -0.2) is 85.3 Å². The first kappa shape index (κ1) is 35.1. The number of ether oxygens (including phenoxy) is 3. The zero-order valence-corrected chi connectivity index (χ0v) is 23.7. The molecule has 15 heteroatoms. The molecule has 7 N–H and O–H groups in total. The number of aliphatic carboxylic acids is 3. The average Bonchev–Trinajstić information content (AvgIpc) is 2.86. The molecule has 0 saturated carbocycles. The standard InChI is InChI=1S/C20H28N2O5S.C6H8O7/c1-4-26-17-7-5-6-8-18(17)27-12-11-22-15(2)13-16-9-10-19(25-3)20(14-16)28(21,23)24;7-3(8)1-6(13,5(11)12)2-4(9)10/h5-10,14-15,22H,4,11-13H2,1-3H3,(H2,21,23,24);13H,1-2H2,(H,7,8)(H,9,10)(H,11,12)/t15-;/m1./s1. The van der Waals surface area contributed by atoms with Crippen molar-refractivity contribution in [3.8, 4) is 17.2 Å². The van der Waals surface area contributed by atoms with Crippen molar-refractivity contribution in [1.29, 1.82) is 0 Å². The average molecular weight is 601 g/mol. The predicted molar refractivity (Wildman–Crippen MR) is 146 cm³/mol. The van der Waals surface area contributed by atoms with Crippen LogP contribution in [0.15, 0.2) is 47.4 Å². The lowest BCUT2D eigenvalue weighted by Gasteiger charge is -2.18. The minimum atomic E-state index is -3.84. The minimum absolute atomic E-state index is 0.00411. The molecule has 0 aromatic heterocycles. The molecule has 1 atom stereocenters. The van der Waals surface area contributed by atoms with Gasteiger partial charge in [0.15, 0.2) is 17.1 Å². The Morgan fingerprint density at radius 1 is 0.976 bits per heavy atom. The lowest BCUT2D eigenvalue weighted by Crippen LogP contribution is -2.42. The van der Waals surface area contributed by atoms with Crippen LogP contribution in [0.3, 0.4) is 0 Å². The zero-order valence-electron chi connectivity index (χ0n) is 22.9. The molecule has 14 nitrogen and oxygen atoms in total. The fraction of sp³-hybridized carbons (Fsp3) is 0.423. The van der Waals surface area contributed by atoms with Gasteiger partial charge in [0, 0.05) is 12.6 Å². The predicted octanol–water partition coefficient (Wildman–Crippen LogP) is 1.09. The number of nitrogens with two attached hydrogens (primary N) is 1. The molecule has 0 heterocycles. The Bertz CT molecular complexity index is 1270. The Balaban J connectivity index is 0.000000545. The van der Waals surface area contributed by atoms with Gasteiger partial charge in [-0.3, -0.25) is 9.59 Å². The molecule has 0 aliphatic rings. The second kappa shape index (κ2) is 16.4. The summed E-state index contributed by atoms with van der Waals surface area (Å²) in [7, 11) is -2.43. The third-order valence-electron chi connectivity index (χ3n) is 5.36. The van der Waals surface area contributed by atoms with Gasteiger partial charge in [0.05, 0.1) is 26.6 Å². The largest absolute Gasteiger partial charge is 0.495 e. The Labute approximate surface area is 237 Å². The van der Waals surface area contributed by atoms with Crippen molar-refractivity contribution in [1.82, 2.24) is 5.32 Å². The number of methoxy groups -OCH3 is 1. The molecule has 2 rings (SSSR count). The first-order chi connectivity index (χ1) is 19.1. The van der Waals surface area contributed by atoms with E-state index in [1.807, 2.05) is 44.2 Å². The summed E-state index contributed by atoms with van der Waals surface area (Å²) in [5.74, 6) is -3.33. The molecular formula is C26H36N2O12S. The van der Waals surface area contributed by atoms with Crippen molar-refractivity contribution in [2.45, 2.75) is 49.6 Å². The Morgan fingerprint density at radius 3 is 2.00 bits per heavy atom. The van der Waals surface area contributed by atoms with Crippen LogP contribution >= 0.6 is 0 Å². The molecule has 2 aromatic carbocycles.